The van der Waals surface area contributed by atoms with Gasteiger partial charge in [0.05, 0.1) is 23.3 Å². The summed E-state index contributed by atoms with van der Waals surface area (Å²) in [7, 11) is 2.13. The second kappa shape index (κ2) is 8.23. The Labute approximate surface area is 161 Å². The van der Waals surface area contributed by atoms with E-state index < -0.39 is 5.54 Å². The van der Waals surface area contributed by atoms with Crippen LogP contribution in [0, 0.1) is 0 Å². The number of likely N-dealkylation sites (N-methyl/N-ethyl adjacent to an activating group) is 1. The molecule has 0 spiro atoms. The summed E-state index contributed by atoms with van der Waals surface area (Å²) in [6.45, 7) is 6.24. The normalized spacial score (nSPS) is 17.6. The van der Waals surface area contributed by atoms with E-state index in [2.05, 4.69) is 41.3 Å². The molecule has 3 rings (SSSR count). The molecule has 6 nitrogen and oxygen atoms in total. The molecule has 27 heavy (non-hydrogen) atoms. The number of nitrogens with zero attached hydrogens (tertiary/aromatic N) is 3. The Hall–Kier alpha value is -2.18. The molecule has 0 bridgehead atoms. The van der Waals surface area contributed by atoms with E-state index in [9.17, 15) is 5.11 Å². The van der Waals surface area contributed by atoms with Gasteiger partial charge in [-0.25, -0.2) is 4.98 Å². The molecule has 1 aliphatic rings. The number of unbranched alkanes of at least 4 members (excludes halogenated alkanes) is 1. The van der Waals surface area contributed by atoms with Crippen molar-refractivity contribution in [3.05, 3.63) is 30.0 Å². The van der Waals surface area contributed by atoms with Gasteiger partial charge in [-0.15, -0.1) is 0 Å². The monoisotopic (exact) mass is 369 g/mol. The van der Waals surface area contributed by atoms with Gasteiger partial charge < -0.3 is 21.1 Å². The summed E-state index contributed by atoms with van der Waals surface area (Å²) in [5.74, 6) is 0.456. The number of aliphatic hydroxyl groups excluding tert-OH is 1. The van der Waals surface area contributed by atoms with E-state index in [0.29, 0.717) is 5.82 Å². The van der Waals surface area contributed by atoms with Crippen LogP contribution in [0.5, 0.6) is 0 Å². The zero-order valence-corrected chi connectivity index (χ0v) is 16.6. The Morgan fingerprint density at radius 3 is 2.85 bits per heavy atom. The van der Waals surface area contributed by atoms with E-state index in [1.54, 1.807) is 0 Å². The Morgan fingerprint density at radius 1 is 1.37 bits per heavy atom. The molecule has 2 aromatic heterocycles. The predicted octanol–water partition coefficient (Wildman–Crippen LogP) is 3.28. The van der Waals surface area contributed by atoms with Crippen LogP contribution >= 0.6 is 0 Å². The van der Waals surface area contributed by atoms with Gasteiger partial charge in [0.15, 0.2) is 0 Å². The lowest BCUT2D eigenvalue weighted by Crippen LogP contribution is -2.38. The van der Waals surface area contributed by atoms with E-state index in [1.165, 1.54) is 5.57 Å². The van der Waals surface area contributed by atoms with Crippen LogP contribution in [0.4, 0.5) is 11.5 Å². The van der Waals surface area contributed by atoms with Crippen LogP contribution in [0.25, 0.3) is 16.6 Å². The van der Waals surface area contributed by atoms with Gasteiger partial charge in [-0.3, -0.25) is 4.98 Å². The van der Waals surface area contributed by atoms with Crippen LogP contribution in [-0.2, 0) is 0 Å². The molecule has 0 saturated carbocycles. The fraction of sp³-hybridized carbons (Fsp3) is 0.524. The van der Waals surface area contributed by atoms with E-state index in [4.69, 9.17) is 10.7 Å². The number of anilines is 2. The van der Waals surface area contributed by atoms with Crippen LogP contribution in [0.15, 0.2) is 24.4 Å². The van der Waals surface area contributed by atoms with Crippen molar-refractivity contribution in [1.82, 2.24) is 14.9 Å². The summed E-state index contributed by atoms with van der Waals surface area (Å²) in [5.41, 5.74) is 10.5. The van der Waals surface area contributed by atoms with Gasteiger partial charge in [0.25, 0.3) is 0 Å². The van der Waals surface area contributed by atoms with Crippen LogP contribution in [-0.4, -0.2) is 52.3 Å². The lowest BCUT2D eigenvalue weighted by molar-refractivity contribution is 0.212. The molecule has 0 saturated heterocycles. The molecule has 3 heterocycles. The van der Waals surface area contributed by atoms with E-state index in [0.717, 1.165) is 61.1 Å². The van der Waals surface area contributed by atoms with E-state index in [1.807, 2.05) is 19.2 Å². The van der Waals surface area contributed by atoms with Gasteiger partial charge in [-0.1, -0.05) is 25.8 Å². The van der Waals surface area contributed by atoms with Gasteiger partial charge in [-0.05, 0) is 44.0 Å². The molecule has 2 aromatic rings. The van der Waals surface area contributed by atoms with Gasteiger partial charge in [-0.2, -0.15) is 0 Å². The highest BCUT2D eigenvalue weighted by Gasteiger charge is 2.24. The maximum Gasteiger partial charge on any atom is 0.126 e. The molecule has 1 unspecified atom stereocenters. The minimum Gasteiger partial charge on any atom is -0.394 e. The second-order valence-corrected chi connectivity index (χ2v) is 7.88. The number of hydrogen-bond donors (Lipinski definition) is 3. The molecular formula is C21H31N5O. The Bertz CT molecular complexity index is 835. The zero-order valence-electron chi connectivity index (χ0n) is 16.6. The first-order valence-corrected chi connectivity index (χ1v) is 9.77. The minimum atomic E-state index is -0.409. The van der Waals surface area contributed by atoms with Crippen molar-refractivity contribution in [3.8, 4) is 0 Å². The third-order valence-electron chi connectivity index (χ3n) is 5.32. The average Bonchev–Trinajstić information content (AvgIpc) is 2.66. The SMILES string of the molecule is CCCCC(C)(CO)Nc1cc(N)nc2cc(C3=CCN(C)CC3)cnc12. The number of nitrogens with two attached hydrogens (primary N) is 1. The Balaban J connectivity index is 1.95. The second-order valence-electron chi connectivity index (χ2n) is 7.88. The van der Waals surface area contributed by atoms with E-state index in [-0.39, 0.29) is 6.61 Å². The largest absolute Gasteiger partial charge is 0.394 e. The Morgan fingerprint density at radius 2 is 2.19 bits per heavy atom. The first kappa shape index (κ1) is 19.6. The van der Waals surface area contributed by atoms with Crippen molar-refractivity contribution in [2.24, 2.45) is 0 Å². The highest BCUT2D eigenvalue weighted by atomic mass is 16.3. The van der Waals surface area contributed by atoms with Crippen LogP contribution in [0.3, 0.4) is 0 Å². The minimum absolute atomic E-state index is 0.0508. The molecule has 0 radical (unpaired) electrons. The third-order valence-corrected chi connectivity index (χ3v) is 5.32. The van der Waals surface area contributed by atoms with Crippen molar-refractivity contribution in [2.75, 3.05) is 37.8 Å². The number of nitrogens with one attached hydrogen (secondary N) is 1. The van der Waals surface area contributed by atoms with Gasteiger partial charge >= 0.3 is 0 Å². The first-order valence-electron chi connectivity index (χ1n) is 9.77. The molecule has 0 aromatic carbocycles. The van der Waals surface area contributed by atoms with Gasteiger partial charge in [0, 0.05) is 25.4 Å². The number of nitrogen functional groups attached to an aromatic ring is 1. The van der Waals surface area contributed by atoms with Crippen molar-refractivity contribution < 1.29 is 5.11 Å². The summed E-state index contributed by atoms with van der Waals surface area (Å²) in [6.07, 6.45) is 8.19. The number of fused-ring (bicyclic) bond motifs is 1. The lowest BCUT2D eigenvalue weighted by Gasteiger charge is -2.30. The zero-order chi connectivity index (χ0) is 19.4. The van der Waals surface area contributed by atoms with Gasteiger partial charge in [0.2, 0.25) is 0 Å². The van der Waals surface area contributed by atoms with E-state index >= 15 is 0 Å². The summed E-state index contributed by atoms with van der Waals surface area (Å²) >= 11 is 0. The van der Waals surface area contributed by atoms with Crippen molar-refractivity contribution in [1.29, 1.82) is 0 Å². The fourth-order valence-electron chi connectivity index (χ4n) is 3.51. The number of aromatic nitrogens is 2. The quantitative estimate of drug-likeness (QED) is 0.694. The topological polar surface area (TPSA) is 87.3 Å². The van der Waals surface area contributed by atoms with Crippen LogP contribution < -0.4 is 11.1 Å². The van der Waals surface area contributed by atoms with Crippen molar-refractivity contribution >= 4 is 28.1 Å². The van der Waals surface area contributed by atoms with Crippen molar-refractivity contribution in [2.45, 2.75) is 45.1 Å². The molecule has 0 aliphatic carbocycles. The summed E-state index contributed by atoms with van der Waals surface area (Å²) in [5, 5.41) is 13.4. The third kappa shape index (κ3) is 4.57. The summed E-state index contributed by atoms with van der Waals surface area (Å²) in [6, 6.07) is 3.88. The molecule has 0 amide bonds. The number of pyridine rings is 2. The smallest absolute Gasteiger partial charge is 0.126 e. The molecule has 0 fully saturated rings. The highest BCUT2D eigenvalue weighted by Crippen LogP contribution is 2.30. The predicted molar refractivity (Wildman–Crippen MR) is 113 cm³/mol. The number of rotatable bonds is 7. The molecule has 1 aliphatic heterocycles. The van der Waals surface area contributed by atoms with Gasteiger partial charge in [0.1, 0.15) is 11.3 Å². The molecule has 6 heteroatoms. The fourth-order valence-corrected chi connectivity index (χ4v) is 3.51. The molecule has 1 atom stereocenters. The molecular weight excluding hydrogens is 338 g/mol. The molecule has 4 N–H and O–H groups in total. The Kier molecular flexibility index (Phi) is 5.97. The van der Waals surface area contributed by atoms with Crippen LogP contribution in [0.1, 0.15) is 45.1 Å². The number of hydrogen-bond acceptors (Lipinski definition) is 6. The lowest BCUT2D eigenvalue weighted by atomic mass is 9.95. The maximum absolute atomic E-state index is 9.91. The van der Waals surface area contributed by atoms with Crippen molar-refractivity contribution in [3.63, 3.8) is 0 Å². The van der Waals surface area contributed by atoms with Crippen LogP contribution in [0.2, 0.25) is 0 Å². The number of aliphatic hydroxyl groups is 1. The first-order chi connectivity index (χ1) is 12.9. The highest BCUT2D eigenvalue weighted by molar-refractivity contribution is 5.91. The molecule has 146 valence electrons. The summed E-state index contributed by atoms with van der Waals surface area (Å²) in [4.78, 5) is 11.5. The summed E-state index contributed by atoms with van der Waals surface area (Å²) < 4.78 is 0. The average molecular weight is 370 g/mol. The standard InChI is InChI=1S/C21H31N5O/c1-4-5-8-21(2,14-27)25-18-12-19(22)24-17-11-16(13-23-20(17)18)15-6-9-26(3)10-7-15/h6,11-13,27H,4-5,7-10,14H2,1-3H3,(H3,22,24,25). The maximum atomic E-state index is 9.91.